The van der Waals surface area contributed by atoms with Crippen LogP contribution >= 0.6 is 11.3 Å². The van der Waals surface area contributed by atoms with E-state index in [1.165, 1.54) is 9.75 Å². The van der Waals surface area contributed by atoms with E-state index in [9.17, 15) is 4.79 Å². The van der Waals surface area contributed by atoms with Crippen molar-refractivity contribution < 1.29 is 4.79 Å². The van der Waals surface area contributed by atoms with Gasteiger partial charge in [0.2, 0.25) is 5.91 Å². The highest BCUT2D eigenvalue weighted by molar-refractivity contribution is 7.11. The Morgan fingerprint density at radius 2 is 2.17 bits per heavy atom. The first-order valence-electron chi connectivity index (χ1n) is 8.65. The van der Waals surface area contributed by atoms with Crippen LogP contribution in [0.25, 0.3) is 0 Å². The maximum atomic E-state index is 12.2. The molecule has 1 aromatic heterocycles. The lowest BCUT2D eigenvalue weighted by Crippen LogP contribution is -2.49. The number of aryl methyl sites for hydroxylation is 1. The van der Waals surface area contributed by atoms with Crippen LogP contribution in [-0.2, 0) is 11.3 Å². The fourth-order valence-corrected chi connectivity index (χ4v) is 5.37. The first kappa shape index (κ1) is 16.9. The number of fused-ring (bicyclic) bond motifs is 1. The minimum absolute atomic E-state index is 0.256. The number of amides is 1. The van der Waals surface area contributed by atoms with Gasteiger partial charge in [0.05, 0.1) is 0 Å². The summed E-state index contributed by atoms with van der Waals surface area (Å²) in [4.78, 5) is 22.0. The molecule has 2 saturated heterocycles. The highest BCUT2D eigenvalue weighted by Gasteiger charge is 2.44. The second-order valence-corrected chi connectivity index (χ2v) is 8.81. The van der Waals surface area contributed by atoms with Gasteiger partial charge in [-0.15, -0.1) is 11.3 Å². The van der Waals surface area contributed by atoms with Gasteiger partial charge in [0.15, 0.2) is 0 Å². The van der Waals surface area contributed by atoms with Crippen molar-refractivity contribution in [2.45, 2.75) is 45.3 Å². The number of piperidine rings is 1. The van der Waals surface area contributed by atoms with Crippen molar-refractivity contribution in [1.29, 1.82) is 0 Å². The summed E-state index contributed by atoms with van der Waals surface area (Å²) in [5.41, 5.74) is 0. The third-order valence-electron chi connectivity index (χ3n) is 5.22. The van der Waals surface area contributed by atoms with Gasteiger partial charge < -0.3 is 9.80 Å². The Balaban J connectivity index is 1.65. The zero-order valence-electron chi connectivity index (χ0n) is 14.8. The minimum Gasteiger partial charge on any atom is -0.335 e. The van der Waals surface area contributed by atoms with Gasteiger partial charge in [0, 0.05) is 54.9 Å². The maximum absolute atomic E-state index is 12.2. The fraction of sp³-hybridized carbons (Fsp3) is 0.722. The molecule has 3 heterocycles. The summed E-state index contributed by atoms with van der Waals surface area (Å²) in [6, 6.07) is 5.32. The molecule has 0 radical (unpaired) electrons. The number of carbonyl (C=O) groups is 1. The number of nitrogens with zero attached hydrogens (tertiary/aromatic N) is 3. The van der Waals surface area contributed by atoms with E-state index in [4.69, 9.17) is 0 Å². The fourth-order valence-electron chi connectivity index (χ4n) is 4.44. The normalized spacial score (nSPS) is 28.4. The van der Waals surface area contributed by atoms with E-state index in [2.05, 4.69) is 47.9 Å². The van der Waals surface area contributed by atoms with Gasteiger partial charge in [-0.05, 0) is 51.9 Å². The first-order chi connectivity index (χ1) is 10.9. The molecule has 2 aliphatic rings. The van der Waals surface area contributed by atoms with E-state index in [1.54, 1.807) is 6.92 Å². The van der Waals surface area contributed by atoms with Crippen LogP contribution in [0.15, 0.2) is 12.1 Å². The molecule has 0 spiro atoms. The number of carbonyl (C=O) groups excluding carboxylic acids is 1. The van der Waals surface area contributed by atoms with Gasteiger partial charge >= 0.3 is 0 Å². The molecule has 3 rings (SSSR count). The molecular weight excluding hydrogens is 306 g/mol. The Bertz CT molecular complexity index is 556. The second kappa shape index (κ2) is 6.91. The summed E-state index contributed by atoms with van der Waals surface area (Å²) in [5.74, 6) is 0.894. The molecule has 0 saturated carbocycles. The largest absolute Gasteiger partial charge is 0.335 e. The van der Waals surface area contributed by atoms with E-state index >= 15 is 0 Å². The summed E-state index contributed by atoms with van der Waals surface area (Å²) < 4.78 is 0. The van der Waals surface area contributed by atoms with Crippen LogP contribution in [0, 0.1) is 12.8 Å². The number of likely N-dealkylation sites (tertiary alicyclic amines) is 2. The summed E-state index contributed by atoms with van der Waals surface area (Å²) in [7, 11) is 4.21. The molecule has 0 bridgehead atoms. The average molecular weight is 336 g/mol. The Morgan fingerprint density at radius 3 is 2.78 bits per heavy atom. The molecule has 5 heteroatoms. The number of thiophene rings is 1. The van der Waals surface area contributed by atoms with Crippen LogP contribution in [0.1, 0.15) is 29.5 Å². The highest BCUT2D eigenvalue weighted by Crippen LogP contribution is 2.36. The molecule has 3 atom stereocenters. The zero-order chi connectivity index (χ0) is 16.6. The van der Waals surface area contributed by atoms with Gasteiger partial charge in [-0.2, -0.15) is 0 Å². The Labute approximate surface area is 144 Å². The van der Waals surface area contributed by atoms with Gasteiger partial charge in [0.25, 0.3) is 0 Å². The van der Waals surface area contributed by atoms with E-state index < -0.39 is 0 Å². The van der Waals surface area contributed by atoms with Gasteiger partial charge in [-0.25, -0.2) is 0 Å². The lowest BCUT2D eigenvalue weighted by atomic mass is 9.92. The molecule has 2 unspecified atom stereocenters. The number of hydrogen-bond donors (Lipinski definition) is 0. The number of hydrogen-bond acceptors (Lipinski definition) is 4. The van der Waals surface area contributed by atoms with Crippen molar-refractivity contribution in [2.75, 3.05) is 33.7 Å². The Morgan fingerprint density at radius 1 is 1.39 bits per heavy atom. The predicted octanol–water partition coefficient (Wildman–Crippen LogP) is 2.43. The van der Waals surface area contributed by atoms with Crippen molar-refractivity contribution >= 4 is 17.2 Å². The van der Waals surface area contributed by atoms with Crippen LogP contribution in [0.3, 0.4) is 0 Å². The van der Waals surface area contributed by atoms with Crippen molar-refractivity contribution in [2.24, 2.45) is 5.92 Å². The smallest absolute Gasteiger partial charge is 0.219 e. The van der Waals surface area contributed by atoms with Gasteiger partial charge in [-0.3, -0.25) is 9.69 Å². The van der Waals surface area contributed by atoms with Crippen molar-refractivity contribution in [3.63, 3.8) is 0 Å². The molecule has 0 N–H and O–H groups in total. The van der Waals surface area contributed by atoms with Crippen LogP contribution in [0.2, 0.25) is 0 Å². The molecule has 128 valence electrons. The van der Waals surface area contributed by atoms with E-state index in [0.29, 0.717) is 18.0 Å². The van der Waals surface area contributed by atoms with E-state index in [1.807, 2.05) is 11.3 Å². The molecule has 2 aliphatic heterocycles. The lowest BCUT2D eigenvalue weighted by Gasteiger charge is -2.38. The Kier molecular flexibility index (Phi) is 5.09. The molecule has 23 heavy (non-hydrogen) atoms. The lowest BCUT2D eigenvalue weighted by molar-refractivity contribution is -0.133. The van der Waals surface area contributed by atoms with Crippen molar-refractivity contribution in [3.05, 3.63) is 21.9 Å². The maximum Gasteiger partial charge on any atom is 0.219 e. The predicted molar refractivity (Wildman–Crippen MR) is 95.7 cm³/mol. The molecular formula is C18H29N3OS. The van der Waals surface area contributed by atoms with Gasteiger partial charge in [0.1, 0.15) is 0 Å². The van der Waals surface area contributed by atoms with Crippen LogP contribution < -0.4 is 0 Å². The molecule has 0 aromatic carbocycles. The summed E-state index contributed by atoms with van der Waals surface area (Å²) in [6.45, 7) is 8.21. The number of rotatable bonds is 4. The minimum atomic E-state index is 0.256. The molecule has 4 nitrogen and oxygen atoms in total. The van der Waals surface area contributed by atoms with E-state index in [0.717, 1.165) is 39.0 Å². The van der Waals surface area contributed by atoms with Crippen LogP contribution in [0.4, 0.5) is 0 Å². The Hall–Kier alpha value is -0.910. The van der Waals surface area contributed by atoms with Gasteiger partial charge in [-0.1, -0.05) is 0 Å². The zero-order valence-corrected chi connectivity index (χ0v) is 15.6. The van der Waals surface area contributed by atoms with Crippen molar-refractivity contribution in [1.82, 2.24) is 14.7 Å². The van der Waals surface area contributed by atoms with Crippen LogP contribution in [0.5, 0.6) is 0 Å². The standard InChI is InChI=1S/C18H29N3OS/c1-13-5-6-17(23-13)12-20-8-7-18-15(10-20)9-16(11-19(3)4)21(18)14(2)22/h5-6,15-16,18H,7-12H2,1-4H3/t15?,16-,18?/m0/s1. The summed E-state index contributed by atoms with van der Waals surface area (Å²) in [6.07, 6.45) is 2.28. The van der Waals surface area contributed by atoms with E-state index in [-0.39, 0.29) is 5.91 Å². The van der Waals surface area contributed by atoms with Crippen LogP contribution in [-0.4, -0.2) is 66.4 Å². The number of likely N-dealkylation sites (N-methyl/N-ethyl adjacent to an activating group) is 1. The third kappa shape index (κ3) is 3.78. The highest BCUT2D eigenvalue weighted by atomic mass is 32.1. The monoisotopic (exact) mass is 335 g/mol. The first-order valence-corrected chi connectivity index (χ1v) is 9.47. The summed E-state index contributed by atoms with van der Waals surface area (Å²) >= 11 is 1.91. The second-order valence-electron chi connectivity index (χ2n) is 7.44. The molecule has 1 amide bonds. The molecule has 1 aromatic rings. The topological polar surface area (TPSA) is 26.8 Å². The quantitative estimate of drug-likeness (QED) is 0.845. The molecule has 0 aliphatic carbocycles. The SMILES string of the molecule is CC(=O)N1C2CCN(Cc3ccc(C)s3)CC2C[C@H]1CN(C)C. The molecule has 2 fully saturated rings. The summed E-state index contributed by atoms with van der Waals surface area (Å²) in [5, 5.41) is 0. The third-order valence-corrected chi connectivity index (χ3v) is 6.20. The van der Waals surface area contributed by atoms with Crippen molar-refractivity contribution in [3.8, 4) is 0 Å². The average Bonchev–Trinajstić information content (AvgIpc) is 3.00.